The molecule has 2 heterocycles. The minimum absolute atomic E-state index is 0.235. The predicted molar refractivity (Wildman–Crippen MR) is 100 cm³/mol. The number of carbonyl (C=O) groups excluding carboxylic acids is 2. The Bertz CT molecular complexity index is 968. The molecule has 3 aromatic rings. The smallest absolute Gasteiger partial charge is 0.355 e. The Morgan fingerprint density at radius 2 is 1.81 bits per heavy atom. The van der Waals surface area contributed by atoms with E-state index < -0.39 is 5.97 Å². The number of ketones is 1. The van der Waals surface area contributed by atoms with Crippen LogP contribution < -0.4 is 0 Å². The summed E-state index contributed by atoms with van der Waals surface area (Å²) in [5.74, 6) is -0.752. The molecule has 0 aliphatic heterocycles. The van der Waals surface area contributed by atoms with Gasteiger partial charge in [0.05, 0.1) is 0 Å². The van der Waals surface area contributed by atoms with Crippen LogP contribution in [0.5, 0.6) is 0 Å². The highest BCUT2D eigenvalue weighted by molar-refractivity contribution is 6.30. The van der Waals surface area contributed by atoms with Gasteiger partial charge in [0.1, 0.15) is 5.69 Å². The van der Waals surface area contributed by atoms with E-state index in [9.17, 15) is 9.59 Å². The number of benzene rings is 1. The second-order valence-corrected chi connectivity index (χ2v) is 6.54. The van der Waals surface area contributed by atoms with Gasteiger partial charge in [-0.15, -0.1) is 0 Å². The Balaban J connectivity index is 1.78. The number of hydrogen-bond donors (Lipinski definition) is 0. The van der Waals surface area contributed by atoms with Crippen LogP contribution in [0, 0.1) is 13.8 Å². The molecule has 0 bridgehead atoms. The number of rotatable bonds is 5. The fourth-order valence-corrected chi connectivity index (χ4v) is 3.11. The van der Waals surface area contributed by atoms with E-state index in [1.54, 1.807) is 42.1 Å². The van der Waals surface area contributed by atoms with Gasteiger partial charge in [-0.05, 0) is 56.3 Å². The first-order valence-electron chi connectivity index (χ1n) is 8.15. The van der Waals surface area contributed by atoms with Crippen molar-refractivity contribution in [1.29, 1.82) is 0 Å². The Hall–Kier alpha value is -2.79. The van der Waals surface area contributed by atoms with Gasteiger partial charge < -0.3 is 13.9 Å². The van der Waals surface area contributed by atoms with Gasteiger partial charge in [0.15, 0.2) is 6.61 Å². The third-order valence-electron chi connectivity index (χ3n) is 4.30. The predicted octanol–water partition coefficient (Wildman–Crippen LogP) is 4.13. The second kappa shape index (κ2) is 7.22. The van der Waals surface area contributed by atoms with E-state index in [-0.39, 0.29) is 12.4 Å². The highest BCUT2D eigenvalue weighted by atomic mass is 35.5. The van der Waals surface area contributed by atoms with Crippen molar-refractivity contribution in [2.45, 2.75) is 13.8 Å². The van der Waals surface area contributed by atoms with E-state index in [2.05, 4.69) is 0 Å². The number of nitrogens with zero attached hydrogens (tertiary/aromatic N) is 2. The van der Waals surface area contributed by atoms with Gasteiger partial charge in [-0.25, -0.2) is 4.79 Å². The Labute approximate surface area is 156 Å². The van der Waals surface area contributed by atoms with Crippen molar-refractivity contribution in [2.24, 2.45) is 7.05 Å². The standard InChI is InChI=1S/C20H19ClN2O3/c1-13-11-17(14(2)23(13)16-8-6-15(21)7-9-16)19(24)12-26-20(25)18-5-4-10-22(18)3/h4-11H,12H2,1-3H3. The van der Waals surface area contributed by atoms with Crippen molar-refractivity contribution < 1.29 is 14.3 Å². The molecular weight excluding hydrogens is 352 g/mol. The molecule has 134 valence electrons. The summed E-state index contributed by atoms with van der Waals surface area (Å²) in [5, 5.41) is 0.653. The average Bonchev–Trinajstić information content (AvgIpc) is 3.17. The number of aromatic nitrogens is 2. The lowest BCUT2D eigenvalue weighted by molar-refractivity contribution is 0.0465. The van der Waals surface area contributed by atoms with E-state index in [0.717, 1.165) is 17.1 Å². The van der Waals surface area contributed by atoms with E-state index in [0.29, 0.717) is 16.3 Å². The second-order valence-electron chi connectivity index (χ2n) is 6.10. The summed E-state index contributed by atoms with van der Waals surface area (Å²) < 4.78 is 8.80. The average molecular weight is 371 g/mol. The monoisotopic (exact) mass is 370 g/mol. The SMILES string of the molecule is Cc1cc(C(=O)COC(=O)c2cccn2C)c(C)n1-c1ccc(Cl)cc1. The van der Waals surface area contributed by atoms with Crippen LogP contribution in [-0.2, 0) is 11.8 Å². The maximum atomic E-state index is 12.6. The van der Waals surface area contributed by atoms with E-state index >= 15 is 0 Å². The van der Waals surface area contributed by atoms with Crippen molar-refractivity contribution in [2.75, 3.05) is 6.61 Å². The molecule has 3 rings (SSSR count). The quantitative estimate of drug-likeness (QED) is 0.501. The zero-order chi connectivity index (χ0) is 18.8. The summed E-state index contributed by atoms with van der Waals surface area (Å²) in [5.41, 5.74) is 3.58. The number of hydrogen-bond acceptors (Lipinski definition) is 3. The van der Waals surface area contributed by atoms with Gasteiger partial charge >= 0.3 is 5.97 Å². The first kappa shape index (κ1) is 18.0. The number of ether oxygens (including phenoxy) is 1. The fraction of sp³-hybridized carbons (Fsp3) is 0.200. The highest BCUT2D eigenvalue weighted by Gasteiger charge is 2.19. The molecule has 0 saturated heterocycles. The number of aryl methyl sites for hydroxylation is 2. The summed E-state index contributed by atoms with van der Waals surface area (Å²) in [6.07, 6.45) is 1.75. The van der Waals surface area contributed by atoms with Crippen LogP contribution >= 0.6 is 11.6 Å². The van der Waals surface area contributed by atoms with Crippen molar-refractivity contribution in [3.8, 4) is 5.69 Å². The maximum absolute atomic E-state index is 12.6. The maximum Gasteiger partial charge on any atom is 0.355 e. The van der Waals surface area contributed by atoms with Crippen LogP contribution in [-0.4, -0.2) is 27.5 Å². The first-order chi connectivity index (χ1) is 12.4. The number of esters is 1. The van der Waals surface area contributed by atoms with Crippen LogP contribution in [0.25, 0.3) is 5.69 Å². The number of Topliss-reactive ketones (excluding diaryl/α,β-unsaturated/α-hetero) is 1. The molecule has 26 heavy (non-hydrogen) atoms. The van der Waals surface area contributed by atoms with Crippen molar-refractivity contribution in [1.82, 2.24) is 9.13 Å². The molecule has 0 radical (unpaired) electrons. The number of halogens is 1. The zero-order valence-corrected chi connectivity index (χ0v) is 15.6. The van der Waals surface area contributed by atoms with Gasteiger partial charge in [0, 0.05) is 40.9 Å². The Morgan fingerprint density at radius 1 is 1.12 bits per heavy atom. The molecule has 0 spiro atoms. The molecule has 0 aliphatic carbocycles. The zero-order valence-electron chi connectivity index (χ0n) is 14.8. The van der Waals surface area contributed by atoms with Gasteiger partial charge in [-0.1, -0.05) is 11.6 Å². The van der Waals surface area contributed by atoms with Crippen molar-refractivity contribution in [3.05, 3.63) is 76.3 Å². The van der Waals surface area contributed by atoms with Crippen LogP contribution in [0.4, 0.5) is 0 Å². The third kappa shape index (κ3) is 3.44. The van der Waals surface area contributed by atoms with E-state index in [1.807, 2.05) is 36.6 Å². The van der Waals surface area contributed by atoms with Crippen LogP contribution in [0.2, 0.25) is 5.02 Å². The molecule has 2 aromatic heterocycles. The molecular formula is C20H19ClN2O3. The van der Waals surface area contributed by atoms with Gasteiger partial charge in [0.2, 0.25) is 5.78 Å². The Kier molecular flexibility index (Phi) is 5.00. The molecule has 0 aliphatic rings. The minimum atomic E-state index is -0.516. The molecule has 0 fully saturated rings. The van der Waals surface area contributed by atoms with Crippen LogP contribution in [0.1, 0.15) is 32.2 Å². The van der Waals surface area contributed by atoms with Gasteiger partial charge in [-0.2, -0.15) is 0 Å². The largest absolute Gasteiger partial charge is 0.453 e. The topological polar surface area (TPSA) is 53.2 Å². The molecule has 0 N–H and O–H groups in total. The number of carbonyl (C=O) groups is 2. The van der Waals surface area contributed by atoms with Gasteiger partial charge in [-0.3, -0.25) is 4.79 Å². The van der Waals surface area contributed by atoms with E-state index in [1.165, 1.54) is 0 Å². The molecule has 5 nitrogen and oxygen atoms in total. The summed E-state index contributed by atoms with van der Waals surface area (Å²) >= 11 is 5.95. The van der Waals surface area contributed by atoms with Crippen molar-refractivity contribution in [3.63, 3.8) is 0 Å². The van der Waals surface area contributed by atoms with Crippen LogP contribution in [0.3, 0.4) is 0 Å². The van der Waals surface area contributed by atoms with E-state index in [4.69, 9.17) is 16.3 Å². The molecule has 6 heteroatoms. The molecule has 0 atom stereocenters. The van der Waals surface area contributed by atoms with Gasteiger partial charge in [0.25, 0.3) is 0 Å². The summed E-state index contributed by atoms with van der Waals surface area (Å²) in [7, 11) is 1.75. The summed E-state index contributed by atoms with van der Waals surface area (Å²) in [6, 6.07) is 12.6. The molecule has 0 saturated carbocycles. The lowest BCUT2D eigenvalue weighted by Gasteiger charge is -2.10. The lowest BCUT2D eigenvalue weighted by Crippen LogP contribution is -2.16. The van der Waals surface area contributed by atoms with Crippen molar-refractivity contribution >= 4 is 23.4 Å². The molecule has 0 unspecified atom stereocenters. The van der Waals surface area contributed by atoms with Crippen LogP contribution in [0.15, 0.2) is 48.7 Å². The normalized spacial score (nSPS) is 10.8. The minimum Gasteiger partial charge on any atom is -0.453 e. The summed E-state index contributed by atoms with van der Waals surface area (Å²) in [4.78, 5) is 24.6. The molecule has 0 amide bonds. The molecule has 1 aromatic carbocycles. The fourth-order valence-electron chi connectivity index (χ4n) is 2.99. The third-order valence-corrected chi connectivity index (χ3v) is 4.56. The lowest BCUT2D eigenvalue weighted by atomic mass is 10.1. The summed E-state index contributed by atoms with van der Waals surface area (Å²) in [6.45, 7) is 3.50. The highest BCUT2D eigenvalue weighted by Crippen LogP contribution is 2.22. The first-order valence-corrected chi connectivity index (χ1v) is 8.53. The Morgan fingerprint density at radius 3 is 2.42 bits per heavy atom.